The molecule has 0 radical (unpaired) electrons. The van der Waals surface area contributed by atoms with Gasteiger partial charge in [0.05, 0.1) is 11.2 Å². The molecule has 0 N–H and O–H groups in total. The number of hydrogen-bond acceptors (Lipinski definition) is 3. The quantitative estimate of drug-likeness (QED) is 0.684. The van der Waals surface area contributed by atoms with Gasteiger partial charge >= 0.3 is 0 Å². The second kappa shape index (κ2) is 3.53. The maximum Gasteiger partial charge on any atom is 0.238 e. The summed E-state index contributed by atoms with van der Waals surface area (Å²) in [4.78, 5) is 0. The van der Waals surface area contributed by atoms with Crippen LogP contribution in [-0.4, -0.2) is 13.3 Å². The van der Waals surface area contributed by atoms with E-state index in [9.17, 15) is 4.57 Å². The lowest BCUT2D eigenvalue weighted by Gasteiger charge is -2.08. The fourth-order valence-electron chi connectivity index (χ4n) is 0.811. The SMILES string of the molecule is CCOP(C)(=O)c1cccs1. The van der Waals surface area contributed by atoms with E-state index in [2.05, 4.69) is 0 Å². The van der Waals surface area contributed by atoms with E-state index in [1.165, 1.54) is 11.3 Å². The number of rotatable bonds is 3. The zero-order chi connectivity index (χ0) is 8.32. The molecule has 1 unspecified atom stereocenters. The highest BCUT2D eigenvalue weighted by molar-refractivity contribution is 7.72. The van der Waals surface area contributed by atoms with Crippen molar-refractivity contribution in [2.24, 2.45) is 0 Å². The topological polar surface area (TPSA) is 26.3 Å². The minimum atomic E-state index is -2.48. The summed E-state index contributed by atoms with van der Waals surface area (Å²) in [5, 5.41) is 1.91. The molecular formula is C7H11O2PS. The summed E-state index contributed by atoms with van der Waals surface area (Å²) in [6, 6.07) is 3.73. The molecule has 0 spiro atoms. The lowest BCUT2D eigenvalue weighted by Crippen LogP contribution is -2.00. The zero-order valence-electron chi connectivity index (χ0n) is 6.61. The highest BCUT2D eigenvalue weighted by Crippen LogP contribution is 2.42. The van der Waals surface area contributed by atoms with Gasteiger partial charge < -0.3 is 4.52 Å². The van der Waals surface area contributed by atoms with Gasteiger partial charge in [-0.1, -0.05) is 6.07 Å². The van der Waals surface area contributed by atoms with Crippen molar-refractivity contribution in [1.82, 2.24) is 0 Å². The van der Waals surface area contributed by atoms with Crippen LogP contribution in [0.15, 0.2) is 17.5 Å². The van der Waals surface area contributed by atoms with Gasteiger partial charge in [0.2, 0.25) is 7.37 Å². The first-order chi connectivity index (χ1) is 5.17. The molecule has 0 aliphatic heterocycles. The Balaban J connectivity index is 2.82. The van der Waals surface area contributed by atoms with Crippen LogP contribution in [0.4, 0.5) is 0 Å². The van der Waals surface area contributed by atoms with Crippen molar-refractivity contribution in [3.05, 3.63) is 17.5 Å². The second-order valence-corrected chi connectivity index (χ2v) is 5.90. The molecule has 0 fully saturated rings. The Kier molecular flexibility index (Phi) is 2.88. The summed E-state index contributed by atoms with van der Waals surface area (Å²) < 4.78 is 17.7. The molecule has 0 amide bonds. The van der Waals surface area contributed by atoms with Gasteiger partial charge in [-0.05, 0) is 18.4 Å². The van der Waals surface area contributed by atoms with Gasteiger partial charge in [-0.25, -0.2) is 0 Å². The van der Waals surface area contributed by atoms with Gasteiger partial charge in [0.1, 0.15) is 0 Å². The molecule has 62 valence electrons. The molecule has 0 aliphatic rings. The molecule has 11 heavy (non-hydrogen) atoms. The maximum absolute atomic E-state index is 11.7. The Labute approximate surface area is 70.7 Å². The summed E-state index contributed by atoms with van der Waals surface area (Å²) in [6.45, 7) is 4.01. The molecule has 1 heterocycles. The van der Waals surface area contributed by atoms with Gasteiger partial charge in [0.15, 0.2) is 0 Å². The van der Waals surface area contributed by atoms with Crippen molar-refractivity contribution in [3.63, 3.8) is 0 Å². The van der Waals surface area contributed by atoms with E-state index in [4.69, 9.17) is 4.52 Å². The highest BCUT2D eigenvalue weighted by Gasteiger charge is 2.18. The van der Waals surface area contributed by atoms with Crippen LogP contribution in [0.5, 0.6) is 0 Å². The summed E-state index contributed by atoms with van der Waals surface area (Å²) in [5.74, 6) is 0. The van der Waals surface area contributed by atoms with Crippen molar-refractivity contribution >= 4 is 23.3 Å². The molecular weight excluding hydrogens is 179 g/mol. The Morgan fingerprint density at radius 2 is 2.45 bits per heavy atom. The van der Waals surface area contributed by atoms with Crippen molar-refractivity contribution in [3.8, 4) is 0 Å². The lowest BCUT2D eigenvalue weighted by atomic mass is 10.7. The van der Waals surface area contributed by atoms with Crippen LogP contribution in [-0.2, 0) is 9.09 Å². The van der Waals surface area contributed by atoms with Crippen molar-refractivity contribution in [2.75, 3.05) is 13.3 Å². The number of hydrogen-bond donors (Lipinski definition) is 0. The van der Waals surface area contributed by atoms with Gasteiger partial charge in [-0.3, -0.25) is 4.57 Å². The molecule has 2 nitrogen and oxygen atoms in total. The van der Waals surface area contributed by atoms with E-state index < -0.39 is 7.37 Å². The monoisotopic (exact) mass is 190 g/mol. The second-order valence-electron chi connectivity index (χ2n) is 2.21. The Bertz CT molecular complexity index is 255. The molecule has 0 saturated carbocycles. The lowest BCUT2D eigenvalue weighted by molar-refractivity contribution is 0.345. The fourth-order valence-corrected chi connectivity index (χ4v) is 3.35. The summed E-state index contributed by atoms with van der Waals surface area (Å²) in [5.41, 5.74) is 0. The van der Waals surface area contributed by atoms with Crippen molar-refractivity contribution in [1.29, 1.82) is 0 Å². The maximum atomic E-state index is 11.7. The van der Waals surface area contributed by atoms with E-state index in [1.54, 1.807) is 6.66 Å². The Morgan fingerprint density at radius 3 is 2.91 bits per heavy atom. The van der Waals surface area contributed by atoms with E-state index in [0.29, 0.717) is 6.61 Å². The first-order valence-corrected chi connectivity index (χ1v) is 6.38. The molecule has 1 atom stereocenters. The third-order valence-corrected chi connectivity index (χ3v) is 4.96. The third kappa shape index (κ3) is 2.16. The largest absolute Gasteiger partial charge is 0.325 e. The normalized spacial score (nSPS) is 16.2. The molecule has 1 rings (SSSR count). The van der Waals surface area contributed by atoms with E-state index in [0.717, 1.165) is 4.62 Å². The Hall–Kier alpha value is -0.110. The van der Waals surface area contributed by atoms with E-state index >= 15 is 0 Å². The molecule has 0 aliphatic carbocycles. The minimum Gasteiger partial charge on any atom is -0.325 e. The Morgan fingerprint density at radius 1 is 1.73 bits per heavy atom. The third-order valence-electron chi connectivity index (χ3n) is 1.28. The zero-order valence-corrected chi connectivity index (χ0v) is 8.32. The van der Waals surface area contributed by atoms with Gasteiger partial charge in [-0.2, -0.15) is 0 Å². The smallest absolute Gasteiger partial charge is 0.238 e. The van der Waals surface area contributed by atoms with Gasteiger partial charge in [0.25, 0.3) is 0 Å². The standard InChI is InChI=1S/C7H11O2PS/c1-3-9-10(2,8)7-5-4-6-11-7/h4-6H,3H2,1-2H3. The molecule has 0 aromatic carbocycles. The van der Waals surface area contributed by atoms with Gasteiger partial charge in [0, 0.05) is 6.66 Å². The van der Waals surface area contributed by atoms with Crippen LogP contribution in [0.2, 0.25) is 0 Å². The minimum absolute atomic E-state index is 0.506. The van der Waals surface area contributed by atoms with E-state index in [1.807, 2.05) is 24.4 Å². The number of thiophene rings is 1. The predicted octanol–water partition coefficient (Wildman–Crippen LogP) is 2.32. The highest BCUT2D eigenvalue weighted by atomic mass is 32.1. The average Bonchev–Trinajstić information content (AvgIpc) is 2.37. The van der Waals surface area contributed by atoms with Crippen LogP contribution < -0.4 is 4.62 Å². The molecule has 0 saturated heterocycles. The van der Waals surface area contributed by atoms with Crippen molar-refractivity contribution in [2.45, 2.75) is 6.92 Å². The van der Waals surface area contributed by atoms with Crippen LogP contribution in [0.3, 0.4) is 0 Å². The average molecular weight is 190 g/mol. The predicted molar refractivity (Wildman–Crippen MR) is 49.1 cm³/mol. The molecule has 1 aromatic rings. The first-order valence-electron chi connectivity index (χ1n) is 3.43. The molecule has 1 aromatic heterocycles. The van der Waals surface area contributed by atoms with Crippen LogP contribution >= 0.6 is 18.7 Å². The summed E-state index contributed by atoms with van der Waals surface area (Å²) >= 11 is 1.48. The van der Waals surface area contributed by atoms with Crippen molar-refractivity contribution < 1.29 is 9.09 Å². The molecule has 4 heteroatoms. The van der Waals surface area contributed by atoms with Gasteiger partial charge in [-0.15, -0.1) is 11.3 Å². The summed E-state index contributed by atoms with van der Waals surface area (Å²) in [6.07, 6.45) is 0. The van der Waals surface area contributed by atoms with Crippen LogP contribution in [0, 0.1) is 0 Å². The van der Waals surface area contributed by atoms with Crippen LogP contribution in [0.1, 0.15) is 6.92 Å². The first kappa shape index (κ1) is 8.98. The van der Waals surface area contributed by atoms with E-state index in [-0.39, 0.29) is 0 Å². The fraction of sp³-hybridized carbons (Fsp3) is 0.429. The summed E-state index contributed by atoms with van der Waals surface area (Å²) in [7, 11) is -2.48. The van der Waals surface area contributed by atoms with Crippen LogP contribution in [0.25, 0.3) is 0 Å². The molecule has 0 bridgehead atoms.